The van der Waals surface area contributed by atoms with Gasteiger partial charge in [0.25, 0.3) is 0 Å². The lowest BCUT2D eigenvalue weighted by Gasteiger charge is -2.25. The molecule has 8 nitrogen and oxygen atoms in total. The number of quaternary nitrogens is 1. The van der Waals surface area contributed by atoms with Crippen LogP contribution in [0.1, 0.15) is 335 Å². The first-order valence-corrected chi connectivity index (χ1v) is 34.2. The maximum Gasteiger partial charge on any atom is 0.472 e. The Hall–Kier alpha value is -1.02. The Bertz CT molecular complexity index is 1260. The van der Waals surface area contributed by atoms with Gasteiger partial charge in [0.1, 0.15) is 13.2 Å². The van der Waals surface area contributed by atoms with Crippen LogP contribution in [-0.4, -0.2) is 73.4 Å². The SMILES string of the molecule is CCCCCCCCCCCCCC/C=C/CC/C=C/C(O)C(COP(=O)(O)OCC[N+](C)(C)C)NC(=O)CCCCCCCCCCCCCCCCCCCCCCCCCCCCCCCCCCCC. The molecular weight excluding hydrogens is 936 g/mol. The van der Waals surface area contributed by atoms with Gasteiger partial charge in [-0.1, -0.05) is 321 Å². The van der Waals surface area contributed by atoms with Crippen molar-refractivity contribution in [2.45, 2.75) is 347 Å². The zero-order valence-electron chi connectivity index (χ0n) is 50.4. The number of unbranched alkanes of at least 4 members (excludes halogenated alkanes) is 46. The number of phosphoric ester groups is 1. The lowest BCUT2D eigenvalue weighted by molar-refractivity contribution is -0.870. The number of hydrogen-bond acceptors (Lipinski definition) is 5. The van der Waals surface area contributed by atoms with E-state index in [1.165, 1.54) is 276 Å². The summed E-state index contributed by atoms with van der Waals surface area (Å²) in [5, 5.41) is 13.9. The molecule has 3 atom stereocenters. The summed E-state index contributed by atoms with van der Waals surface area (Å²) in [4.78, 5) is 23.3. The van der Waals surface area contributed by atoms with Crippen LogP contribution in [-0.2, 0) is 18.4 Å². The Morgan fingerprint density at radius 2 is 0.743 bits per heavy atom. The van der Waals surface area contributed by atoms with Gasteiger partial charge in [0.15, 0.2) is 0 Å². The number of hydrogen-bond donors (Lipinski definition) is 3. The minimum Gasteiger partial charge on any atom is -0.387 e. The van der Waals surface area contributed by atoms with Gasteiger partial charge in [0, 0.05) is 6.42 Å². The van der Waals surface area contributed by atoms with Gasteiger partial charge in [-0.3, -0.25) is 13.8 Å². The molecule has 440 valence electrons. The van der Waals surface area contributed by atoms with E-state index in [9.17, 15) is 19.4 Å². The third kappa shape index (κ3) is 58.7. The highest BCUT2D eigenvalue weighted by molar-refractivity contribution is 7.47. The number of allylic oxidation sites excluding steroid dienone is 3. The molecule has 0 aromatic rings. The summed E-state index contributed by atoms with van der Waals surface area (Å²) in [6.45, 7) is 4.85. The van der Waals surface area contributed by atoms with E-state index in [0.29, 0.717) is 17.4 Å². The van der Waals surface area contributed by atoms with Gasteiger partial charge >= 0.3 is 7.82 Å². The van der Waals surface area contributed by atoms with Crippen molar-refractivity contribution in [3.63, 3.8) is 0 Å². The molecule has 0 bridgehead atoms. The monoisotopic (exact) mass is 1070 g/mol. The summed E-state index contributed by atoms with van der Waals surface area (Å²) in [5.74, 6) is -0.179. The predicted molar refractivity (Wildman–Crippen MR) is 323 cm³/mol. The molecule has 0 rings (SSSR count). The summed E-state index contributed by atoms with van der Waals surface area (Å²) in [6, 6.07) is -0.860. The molecular formula is C65H130N2O6P+. The molecule has 0 spiro atoms. The Kier molecular flexibility index (Phi) is 55.9. The molecule has 0 radical (unpaired) electrons. The second-order valence-corrected chi connectivity index (χ2v) is 25.3. The molecule has 9 heteroatoms. The molecule has 0 aromatic carbocycles. The molecule has 0 saturated carbocycles. The fourth-order valence-corrected chi connectivity index (χ4v) is 10.8. The number of nitrogens with one attached hydrogen (secondary N) is 1. The Morgan fingerprint density at radius 3 is 1.08 bits per heavy atom. The van der Waals surface area contributed by atoms with Crippen molar-refractivity contribution in [2.24, 2.45) is 0 Å². The molecule has 74 heavy (non-hydrogen) atoms. The van der Waals surface area contributed by atoms with Crippen molar-refractivity contribution in [3.05, 3.63) is 24.3 Å². The van der Waals surface area contributed by atoms with Crippen LogP contribution < -0.4 is 5.32 Å². The second-order valence-electron chi connectivity index (χ2n) is 23.8. The van der Waals surface area contributed by atoms with Crippen LogP contribution in [0.5, 0.6) is 0 Å². The van der Waals surface area contributed by atoms with Crippen molar-refractivity contribution in [1.82, 2.24) is 5.32 Å². The first-order chi connectivity index (χ1) is 36.0. The van der Waals surface area contributed by atoms with Crippen molar-refractivity contribution < 1.29 is 32.9 Å². The molecule has 0 aliphatic heterocycles. The second kappa shape index (κ2) is 56.7. The minimum absolute atomic E-state index is 0.0589. The van der Waals surface area contributed by atoms with Crippen LogP contribution in [0.4, 0.5) is 0 Å². The molecule has 3 N–H and O–H groups in total. The van der Waals surface area contributed by atoms with Gasteiger partial charge in [-0.2, -0.15) is 0 Å². The Balaban J connectivity index is 4.00. The maximum atomic E-state index is 13.0. The standard InChI is InChI=1S/C65H129N2O6P/c1-6-8-10-12-14-16-18-20-22-24-26-27-28-29-30-31-32-33-34-35-36-37-38-39-40-41-43-45-47-49-51-53-55-57-59-65(69)66-63(62-73-74(70,71)72-61-60-67(3,4)5)64(68)58-56-54-52-50-48-46-44-42-25-23-21-19-17-15-13-11-9-7-2/h48,50,56,58,63-64,68H,6-47,49,51-55,57,59-62H2,1-5H3,(H-,66,69,70,71)/p+1/b50-48+,58-56+. The highest BCUT2D eigenvalue weighted by Gasteiger charge is 2.28. The quantitative estimate of drug-likeness (QED) is 0.0243. The molecule has 0 fully saturated rings. The summed E-state index contributed by atoms with van der Waals surface area (Å²) in [7, 11) is 1.57. The number of phosphoric acid groups is 1. The van der Waals surface area contributed by atoms with Crippen LogP contribution >= 0.6 is 7.82 Å². The normalized spacial score (nSPS) is 13.9. The molecule has 0 aromatic heterocycles. The van der Waals surface area contributed by atoms with Gasteiger partial charge in [0.05, 0.1) is 39.9 Å². The molecule has 0 aliphatic carbocycles. The molecule has 3 unspecified atom stereocenters. The van der Waals surface area contributed by atoms with Gasteiger partial charge in [-0.15, -0.1) is 0 Å². The van der Waals surface area contributed by atoms with E-state index >= 15 is 0 Å². The molecule has 0 saturated heterocycles. The predicted octanol–water partition coefficient (Wildman–Crippen LogP) is 20.3. The van der Waals surface area contributed by atoms with Crippen LogP contribution in [0.25, 0.3) is 0 Å². The van der Waals surface area contributed by atoms with E-state index in [2.05, 4.69) is 31.3 Å². The van der Waals surface area contributed by atoms with E-state index in [-0.39, 0.29) is 19.1 Å². The number of aliphatic hydroxyl groups excluding tert-OH is 1. The van der Waals surface area contributed by atoms with Crippen LogP contribution in [0.2, 0.25) is 0 Å². The highest BCUT2D eigenvalue weighted by Crippen LogP contribution is 2.43. The van der Waals surface area contributed by atoms with E-state index < -0.39 is 20.0 Å². The van der Waals surface area contributed by atoms with E-state index in [1.54, 1.807) is 6.08 Å². The van der Waals surface area contributed by atoms with Crippen LogP contribution in [0.3, 0.4) is 0 Å². The number of likely N-dealkylation sites (N-methyl/N-ethyl adjacent to an activating group) is 1. The smallest absolute Gasteiger partial charge is 0.387 e. The highest BCUT2D eigenvalue weighted by atomic mass is 31.2. The van der Waals surface area contributed by atoms with Crippen molar-refractivity contribution in [2.75, 3.05) is 40.9 Å². The van der Waals surface area contributed by atoms with Crippen molar-refractivity contribution >= 4 is 13.7 Å². The summed E-state index contributed by atoms with van der Waals surface area (Å²) in [5.41, 5.74) is 0. The largest absolute Gasteiger partial charge is 0.472 e. The summed E-state index contributed by atoms with van der Waals surface area (Å²) < 4.78 is 23.7. The lowest BCUT2D eigenvalue weighted by atomic mass is 10.0. The number of carbonyl (C=O) groups excluding carboxylic acids is 1. The van der Waals surface area contributed by atoms with E-state index in [4.69, 9.17) is 9.05 Å². The average Bonchev–Trinajstić information content (AvgIpc) is 3.36. The number of carbonyl (C=O) groups is 1. The van der Waals surface area contributed by atoms with Crippen LogP contribution in [0.15, 0.2) is 24.3 Å². The lowest BCUT2D eigenvalue weighted by Crippen LogP contribution is -2.45. The number of rotatable bonds is 61. The molecule has 0 heterocycles. The summed E-state index contributed by atoms with van der Waals surface area (Å²) >= 11 is 0. The zero-order valence-corrected chi connectivity index (χ0v) is 51.3. The first kappa shape index (κ1) is 73.0. The van der Waals surface area contributed by atoms with Crippen molar-refractivity contribution in [1.29, 1.82) is 0 Å². The number of amides is 1. The van der Waals surface area contributed by atoms with E-state index in [0.717, 1.165) is 38.5 Å². The van der Waals surface area contributed by atoms with Gasteiger partial charge in [-0.25, -0.2) is 4.57 Å². The third-order valence-electron chi connectivity index (χ3n) is 15.2. The number of nitrogens with zero attached hydrogens (tertiary/aromatic N) is 1. The third-order valence-corrected chi connectivity index (χ3v) is 16.2. The van der Waals surface area contributed by atoms with E-state index in [1.807, 2.05) is 27.2 Å². The molecule has 1 amide bonds. The van der Waals surface area contributed by atoms with Crippen LogP contribution in [0, 0.1) is 0 Å². The Labute approximate surface area is 462 Å². The minimum atomic E-state index is -4.35. The zero-order chi connectivity index (χ0) is 54.2. The summed E-state index contributed by atoms with van der Waals surface area (Å²) in [6.07, 6.45) is 73.3. The van der Waals surface area contributed by atoms with Gasteiger partial charge < -0.3 is 19.8 Å². The molecule has 0 aliphatic rings. The Morgan fingerprint density at radius 1 is 0.446 bits per heavy atom. The fraction of sp³-hybridized carbons (Fsp3) is 0.923. The first-order valence-electron chi connectivity index (χ1n) is 32.7. The van der Waals surface area contributed by atoms with Crippen molar-refractivity contribution in [3.8, 4) is 0 Å². The average molecular weight is 1070 g/mol. The number of aliphatic hydroxyl groups is 1. The fourth-order valence-electron chi connectivity index (χ4n) is 10.1. The maximum absolute atomic E-state index is 13.0. The van der Waals surface area contributed by atoms with Gasteiger partial charge in [-0.05, 0) is 32.1 Å². The topological polar surface area (TPSA) is 105 Å². The van der Waals surface area contributed by atoms with Gasteiger partial charge in [0.2, 0.25) is 5.91 Å².